The smallest absolute Gasteiger partial charge is 0.191 e. The van der Waals surface area contributed by atoms with Gasteiger partial charge >= 0.3 is 0 Å². The third kappa shape index (κ3) is 6.61. The maximum atomic E-state index is 5.45. The molecule has 0 saturated carbocycles. The molecule has 0 unspecified atom stereocenters. The maximum absolute atomic E-state index is 5.45. The molecule has 2 aromatic rings. The minimum Gasteiger partial charge on any atom is -0.497 e. The van der Waals surface area contributed by atoms with Gasteiger partial charge in [-0.25, -0.2) is 0 Å². The summed E-state index contributed by atoms with van der Waals surface area (Å²) < 4.78 is 10.7. The molecule has 2 aromatic carbocycles. The van der Waals surface area contributed by atoms with Gasteiger partial charge in [0, 0.05) is 37.2 Å². The highest BCUT2D eigenvalue weighted by atomic mass is 127. The van der Waals surface area contributed by atoms with E-state index in [0.29, 0.717) is 6.54 Å². The van der Waals surface area contributed by atoms with E-state index in [2.05, 4.69) is 53.7 Å². The Bertz CT molecular complexity index is 733. The van der Waals surface area contributed by atoms with Gasteiger partial charge in [0.25, 0.3) is 0 Å². The summed E-state index contributed by atoms with van der Waals surface area (Å²) in [7, 11) is 5.08. The quantitative estimate of drug-likeness (QED) is 0.356. The lowest BCUT2D eigenvalue weighted by Gasteiger charge is -2.26. The number of hydrogen-bond donors (Lipinski definition) is 2. The van der Waals surface area contributed by atoms with Gasteiger partial charge in [0.15, 0.2) is 5.96 Å². The molecule has 0 aliphatic carbocycles. The Balaban J connectivity index is 0.00000364. The van der Waals surface area contributed by atoms with E-state index in [1.54, 1.807) is 21.3 Å². The number of rotatable bonds is 7. The van der Waals surface area contributed by atoms with Crippen molar-refractivity contribution >= 4 is 29.9 Å². The Morgan fingerprint density at radius 1 is 1.00 bits per heavy atom. The lowest BCUT2D eigenvalue weighted by Crippen LogP contribution is -2.43. The first-order chi connectivity index (χ1) is 12.5. The minimum atomic E-state index is -0.00329. The zero-order chi connectivity index (χ0) is 19.0. The van der Waals surface area contributed by atoms with Gasteiger partial charge in [0.2, 0.25) is 0 Å². The van der Waals surface area contributed by atoms with Crippen molar-refractivity contribution < 1.29 is 9.47 Å². The van der Waals surface area contributed by atoms with E-state index < -0.39 is 0 Å². The van der Waals surface area contributed by atoms with Gasteiger partial charge in [-0.3, -0.25) is 4.99 Å². The third-order valence-electron chi connectivity index (χ3n) is 4.42. The number of ether oxygens (including phenoxy) is 2. The summed E-state index contributed by atoms with van der Waals surface area (Å²) in [5, 5.41) is 6.75. The fraction of sp³-hybridized carbons (Fsp3) is 0.381. The van der Waals surface area contributed by atoms with Gasteiger partial charge in [0.1, 0.15) is 11.5 Å². The topological polar surface area (TPSA) is 54.9 Å². The van der Waals surface area contributed by atoms with Gasteiger partial charge in [-0.1, -0.05) is 44.2 Å². The highest BCUT2D eigenvalue weighted by Crippen LogP contribution is 2.24. The number of methoxy groups -OCH3 is 2. The Morgan fingerprint density at radius 3 is 2.30 bits per heavy atom. The van der Waals surface area contributed by atoms with E-state index in [4.69, 9.17) is 9.47 Å². The molecule has 2 rings (SSSR count). The van der Waals surface area contributed by atoms with Crippen molar-refractivity contribution in [1.29, 1.82) is 0 Å². The Morgan fingerprint density at radius 2 is 1.70 bits per heavy atom. The van der Waals surface area contributed by atoms with E-state index in [9.17, 15) is 0 Å². The molecule has 0 heterocycles. The molecule has 5 nitrogen and oxygen atoms in total. The van der Waals surface area contributed by atoms with Crippen LogP contribution in [-0.4, -0.2) is 33.8 Å². The number of benzene rings is 2. The maximum Gasteiger partial charge on any atom is 0.191 e. The second-order valence-electron chi connectivity index (χ2n) is 6.71. The zero-order valence-corrected chi connectivity index (χ0v) is 19.0. The lowest BCUT2D eigenvalue weighted by molar-refractivity contribution is 0.390. The predicted molar refractivity (Wildman–Crippen MR) is 123 cm³/mol. The first-order valence-corrected chi connectivity index (χ1v) is 8.71. The first kappa shape index (κ1) is 23.1. The number of guanidine groups is 1. The van der Waals surface area contributed by atoms with E-state index in [-0.39, 0.29) is 29.4 Å². The molecular weight excluding hydrogens is 453 g/mol. The van der Waals surface area contributed by atoms with Crippen LogP contribution < -0.4 is 20.1 Å². The normalized spacial score (nSPS) is 11.4. The molecule has 0 bridgehead atoms. The van der Waals surface area contributed by atoms with Crippen molar-refractivity contribution in [1.82, 2.24) is 10.6 Å². The molecule has 148 valence electrons. The van der Waals surface area contributed by atoms with Crippen LogP contribution in [0.1, 0.15) is 25.0 Å². The largest absolute Gasteiger partial charge is 0.497 e. The van der Waals surface area contributed by atoms with Gasteiger partial charge in [-0.05, 0) is 17.7 Å². The molecule has 0 atom stereocenters. The Kier molecular flexibility index (Phi) is 9.41. The van der Waals surface area contributed by atoms with E-state index in [1.165, 1.54) is 5.56 Å². The molecule has 27 heavy (non-hydrogen) atoms. The zero-order valence-electron chi connectivity index (χ0n) is 16.7. The summed E-state index contributed by atoms with van der Waals surface area (Å²) in [5.41, 5.74) is 2.33. The van der Waals surface area contributed by atoms with Crippen LogP contribution in [0.4, 0.5) is 0 Å². The van der Waals surface area contributed by atoms with Gasteiger partial charge < -0.3 is 20.1 Å². The molecule has 0 fully saturated rings. The van der Waals surface area contributed by atoms with Gasteiger partial charge in [0.05, 0.1) is 14.2 Å². The summed E-state index contributed by atoms with van der Waals surface area (Å²) >= 11 is 0. The summed E-state index contributed by atoms with van der Waals surface area (Å²) in [6, 6.07) is 16.3. The molecule has 0 aliphatic heterocycles. The van der Waals surface area contributed by atoms with Crippen LogP contribution in [0, 0.1) is 0 Å². The first-order valence-electron chi connectivity index (χ1n) is 8.71. The monoisotopic (exact) mass is 483 g/mol. The number of aliphatic imine (C=N–C) groups is 1. The fourth-order valence-electron chi connectivity index (χ4n) is 2.69. The van der Waals surface area contributed by atoms with Crippen molar-refractivity contribution in [3.63, 3.8) is 0 Å². The highest BCUT2D eigenvalue weighted by Gasteiger charge is 2.20. The second-order valence-corrected chi connectivity index (χ2v) is 6.71. The molecule has 0 aliphatic rings. The molecule has 0 radical (unpaired) electrons. The minimum absolute atomic E-state index is 0. The molecule has 6 heteroatoms. The van der Waals surface area contributed by atoms with Crippen LogP contribution in [0.2, 0.25) is 0 Å². The lowest BCUT2D eigenvalue weighted by atomic mass is 9.85. The standard InChI is InChI=1S/C21H29N3O2.HI/c1-21(2,17-9-7-6-8-10-17)15-24-20(22-3)23-14-16-11-12-18(25-4)13-19(16)26-5;/h6-13H,14-15H2,1-5H3,(H2,22,23,24);1H. The van der Waals surface area contributed by atoms with Crippen molar-refractivity contribution in [2.75, 3.05) is 27.8 Å². The van der Waals surface area contributed by atoms with Crippen LogP contribution in [0.15, 0.2) is 53.5 Å². The van der Waals surface area contributed by atoms with Crippen molar-refractivity contribution in [2.45, 2.75) is 25.8 Å². The van der Waals surface area contributed by atoms with E-state index in [1.807, 2.05) is 24.3 Å². The van der Waals surface area contributed by atoms with E-state index in [0.717, 1.165) is 29.6 Å². The molecule has 0 amide bonds. The predicted octanol–water partition coefficient (Wildman–Crippen LogP) is 3.96. The average molecular weight is 483 g/mol. The number of nitrogens with zero attached hydrogens (tertiary/aromatic N) is 1. The second kappa shape index (κ2) is 11.0. The third-order valence-corrected chi connectivity index (χ3v) is 4.42. The fourth-order valence-corrected chi connectivity index (χ4v) is 2.69. The molecule has 0 saturated heterocycles. The van der Waals surface area contributed by atoms with Crippen LogP contribution in [0.25, 0.3) is 0 Å². The van der Waals surface area contributed by atoms with Gasteiger partial charge in [-0.2, -0.15) is 0 Å². The number of nitrogens with one attached hydrogen (secondary N) is 2. The summed E-state index contributed by atoms with van der Waals surface area (Å²) in [4.78, 5) is 4.32. The summed E-state index contributed by atoms with van der Waals surface area (Å²) in [6.07, 6.45) is 0. The summed E-state index contributed by atoms with van der Waals surface area (Å²) in [5.74, 6) is 2.32. The van der Waals surface area contributed by atoms with Crippen LogP contribution in [-0.2, 0) is 12.0 Å². The highest BCUT2D eigenvalue weighted by molar-refractivity contribution is 14.0. The van der Waals surface area contributed by atoms with Crippen molar-refractivity contribution in [2.24, 2.45) is 4.99 Å². The van der Waals surface area contributed by atoms with E-state index >= 15 is 0 Å². The molecule has 0 spiro atoms. The van der Waals surface area contributed by atoms with Crippen LogP contribution in [0.3, 0.4) is 0 Å². The average Bonchev–Trinajstić information content (AvgIpc) is 2.68. The molecular formula is C21H30IN3O2. The number of halogens is 1. The molecule has 2 N–H and O–H groups in total. The molecule has 0 aromatic heterocycles. The van der Waals surface area contributed by atoms with Crippen molar-refractivity contribution in [3.05, 3.63) is 59.7 Å². The Labute approximate surface area is 179 Å². The SMILES string of the molecule is CN=C(NCc1ccc(OC)cc1OC)NCC(C)(C)c1ccccc1.I. The van der Waals surface area contributed by atoms with Crippen LogP contribution >= 0.6 is 24.0 Å². The van der Waals surface area contributed by atoms with Crippen molar-refractivity contribution in [3.8, 4) is 11.5 Å². The number of hydrogen-bond acceptors (Lipinski definition) is 3. The summed E-state index contributed by atoms with van der Waals surface area (Å²) in [6.45, 7) is 5.82. The van der Waals surface area contributed by atoms with Gasteiger partial charge in [-0.15, -0.1) is 24.0 Å². The van der Waals surface area contributed by atoms with Crippen LogP contribution in [0.5, 0.6) is 11.5 Å². The Hall–Kier alpha value is -1.96.